The number of likely N-dealkylation sites (tertiary alicyclic amines) is 2. The van der Waals surface area contributed by atoms with Gasteiger partial charge in [-0.25, -0.2) is 9.97 Å². The average Bonchev–Trinajstić information content (AvgIpc) is 3.82. The molecule has 1 atom stereocenters. The van der Waals surface area contributed by atoms with Crippen molar-refractivity contribution in [2.75, 3.05) is 32.7 Å². The number of amides is 3. The molecule has 2 aliphatic rings. The van der Waals surface area contributed by atoms with Gasteiger partial charge in [-0.3, -0.25) is 19.2 Å². The van der Waals surface area contributed by atoms with Gasteiger partial charge in [-0.05, 0) is 104 Å². The SMILES string of the molecule is Cc1cc(-c2cc(C(=O)NCC(=O)O)nc(C(=O)N3CCC[C@H]3CN3CCCC3)c2)cc(C(=O)NCc2cccc(-c3ccccc3)c2)n1. The van der Waals surface area contributed by atoms with Crippen LogP contribution >= 0.6 is 0 Å². The molecule has 11 heteroatoms. The number of benzene rings is 2. The number of hydrogen-bond acceptors (Lipinski definition) is 7. The van der Waals surface area contributed by atoms with Gasteiger partial charge in [0.2, 0.25) is 0 Å². The van der Waals surface area contributed by atoms with E-state index in [0.29, 0.717) is 29.9 Å². The molecule has 2 aromatic heterocycles. The van der Waals surface area contributed by atoms with E-state index in [9.17, 15) is 19.2 Å². The number of pyridine rings is 2. The Morgan fingerprint density at radius 1 is 0.735 bits per heavy atom. The zero-order chi connectivity index (χ0) is 34.3. The van der Waals surface area contributed by atoms with Crippen LogP contribution in [0.2, 0.25) is 0 Å². The summed E-state index contributed by atoms with van der Waals surface area (Å²) in [6.45, 7) is 4.91. The molecule has 2 fully saturated rings. The molecule has 0 spiro atoms. The molecule has 0 unspecified atom stereocenters. The summed E-state index contributed by atoms with van der Waals surface area (Å²) in [5.74, 6) is -2.57. The maximum atomic E-state index is 14.0. The molecule has 0 aliphatic carbocycles. The van der Waals surface area contributed by atoms with Crippen LogP contribution in [0.4, 0.5) is 0 Å². The zero-order valence-corrected chi connectivity index (χ0v) is 27.5. The van der Waals surface area contributed by atoms with Gasteiger partial charge in [-0.15, -0.1) is 0 Å². The summed E-state index contributed by atoms with van der Waals surface area (Å²) < 4.78 is 0. The van der Waals surface area contributed by atoms with E-state index in [2.05, 4.69) is 25.5 Å². The number of hydrogen-bond donors (Lipinski definition) is 3. The molecule has 2 aliphatic heterocycles. The third-order valence-electron chi connectivity index (χ3n) is 8.99. The largest absolute Gasteiger partial charge is 0.480 e. The number of rotatable bonds is 11. The lowest BCUT2D eigenvalue weighted by Crippen LogP contribution is -2.43. The van der Waals surface area contributed by atoms with Crippen LogP contribution in [0.3, 0.4) is 0 Å². The second-order valence-electron chi connectivity index (χ2n) is 12.6. The first-order valence-electron chi connectivity index (χ1n) is 16.7. The van der Waals surface area contributed by atoms with Gasteiger partial charge in [0.25, 0.3) is 17.7 Å². The van der Waals surface area contributed by atoms with Crippen molar-refractivity contribution in [3.63, 3.8) is 0 Å². The van der Waals surface area contributed by atoms with Crippen molar-refractivity contribution in [3.8, 4) is 22.3 Å². The molecule has 0 radical (unpaired) electrons. The van der Waals surface area contributed by atoms with Crippen LogP contribution in [-0.2, 0) is 11.3 Å². The van der Waals surface area contributed by atoms with E-state index in [1.54, 1.807) is 25.1 Å². The zero-order valence-electron chi connectivity index (χ0n) is 27.5. The number of carboxylic acid groups (broad SMARTS) is 1. The summed E-state index contributed by atoms with van der Waals surface area (Å²) in [6, 6.07) is 24.5. The summed E-state index contributed by atoms with van der Waals surface area (Å²) in [6.07, 6.45) is 4.10. The van der Waals surface area contributed by atoms with Crippen LogP contribution in [0.1, 0.15) is 68.4 Å². The van der Waals surface area contributed by atoms with Crippen molar-refractivity contribution >= 4 is 23.7 Å². The highest BCUT2D eigenvalue weighted by Crippen LogP contribution is 2.27. The number of nitrogens with one attached hydrogen (secondary N) is 2. The number of carboxylic acids is 1. The van der Waals surface area contributed by atoms with Gasteiger partial charge in [-0.1, -0.05) is 48.5 Å². The minimum atomic E-state index is -1.20. The number of aryl methyl sites for hydroxylation is 1. The molecule has 3 amide bonds. The number of carbonyl (C=O) groups excluding carboxylic acids is 3. The normalized spacial score (nSPS) is 16.0. The summed E-state index contributed by atoms with van der Waals surface area (Å²) in [7, 11) is 0. The lowest BCUT2D eigenvalue weighted by atomic mass is 10.0. The maximum Gasteiger partial charge on any atom is 0.322 e. The van der Waals surface area contributed by atoms with E-state index in [1.807, 2.05) is 59.5 Å². The lowest BCUT2D eigenvalue weighted by Gasteiger charge is -2.28. The average molecular weight is 661 g/mol. The highest BCUT2D eigenvalue weighted by Gasteiger charge is 2.32. The quantitative estimate of drug-likeness (QED) is 0.212. The first-order valence-corrected chi connectivity index (χ1v) is 16.7. The van der Waals surface area contributed by atoms with Crippen LogP contribution in [-0.4, -0.2) is 87.3 Å². The van der Waals surface area contributed by atoms with Crippen molar-refractivity contribution in [3.05, 3.63) is 107 Å². The Balaban J connectivity index is 1.26. The molecule has 252 valence electrons. The van der Waals surface area contributed by atoms with Crippen molar-refractivity contribution in [2.24, 2.45) is 0 Å². The lowest BCUT2D eigenvalue weighted by molar-refractivity contribution is -0.135. The van der Waals surface area contributed by atoms with E-state index in [0.717, 1.165) is 62.0 Å². The van der Waals surface area contributed by atoms with Crippen LogP contribution < -0.4 is 10.6 Å². The highest BCUT2D eigenvalue weighted by molar-refractivity contribution is 5.99. The second-order valence-corrected chi connectivity index (χ2v) is 12.6. The Morgan fingerprint density at radius 3 is 2.16 bits per heavy atom. The van der Waals surface area contributed by atoms with E-state index in [1.165, 1.54) is 6.07 Å². The van der Waals surface area contributed by atoms with Gasteiger partial charge in [0, 0.05) is 31.4 Å². The molecular formula is C38H40N6O5. The van der Waals surface area contributed by atoms with E-state index < -0.39 is 18.4 Å². The smallest absolute Gasteiger partial charge is 0.322 e. The fourth-order valence-corrected chi connectivity index (χ4v) is 6.59. The predicted molar refractivity (Wildman–Crippen MR) is 185 cm³/mol. The molecule has 0 saturated carbocycles. The van der Waals surface area contributed by atoms with Gasteiger partial charge in [0.15, 0.2) is 0 Å². The molecule has 2 aromatic carbocycles. The molecule has 0 bridgehead atoms. The third kappa shape index (κ3) is 8.36. The molecule has 2 saturated heterocycles. The number of aliphatic carboxylic acids is 1. The molecular weight excluding hydrogens is 620 g/mol. The summed E-state index contributed by atoms with van der Waals surface area (Å²) >= 11 is 0. The Bertz CT molecular complexity index is 1860. The van der Waals surface area contributed by atoms with Crippen LogP contribution in [0.15, 0.2) is 78.9 Å². The number of aromatic nitrogens is 2. The third-order valence-corrected chi connectivity index (χ3v) is 8.99. The Labute approximate surface area is 285 Å². The topological polar surface area (TPSA) is 145 Å². The van der Waals surface area contributed by atoms with Crippen molar-refractivity contribution in [1.82, 2.24) is 30.4 Å². The molecule has 4 heterocycles. The van der Waals surface area contributed by atoms with Gasteiger partial charge in [0.1, 0.15) is 23.6 Å². The molecule has 4 aromatic rings. The standard InChI is InChI=1S/C38H40N6O5/c1-25-17-29(19-32(41-25)36(47)39-22-26-9-7-12-28(18-26)27-10-3-2-4-11-27)30-20-33(37(48)40-23-35(45)46)42-34(21-30)38(49)44-16-8-13-31(44)24-43-14-5-6-15-43/h2-4,7,9-12,17-21,31H,5-6,8,13-16,22-24H2,1H3,(H,39,47)(H,40,48)(H,45,46)/t31-/m0/s1. The molecule has 49 heavy (non-hydrogen) atoms. The number of carbonyl (C=O) groups is 4. The van der Waals surface area contributed by atoms with Crippen LogP contribution in [0.25, 0.3) is 22.3 Å². The van der Waals surface area contributed by atoms with Crippen molar-refractivity contribution in [2.45, 2.75) is 45.2 Å². The van der Waals surface area contributed by atoms with E-state index in [4.69, 9.17) is 5.11 Å². The van der Waals surface area contributed by atoms with Gasteiger partial charge in [0.05, 0.1) is 0 Å². The predicted octanol–water partition coefficient (Wildman–Crippen LogP) is 4.56. The maximum absolute atomic E-state index is 14.0. The van der Waals surface area contributed by atoms with Gasteiger partial charge < -0.3 is 25.5 Å². The van der Waals surface area contributed by atoms with Crippen LogP contribution in [0, 0.1) is 6.92 Å². The van der Waals surface area contributed by atoms with Gasteiger partial charge in [-0.2, -0.15) is 0 Å². The minimum Gasteiger partial charge on any atom is -0.480 e. The van der Waals surface area contributed by atoms with Gasteiger partial charge >= 0.3 is 5.97 Å². The number of nitrogens with zero attached hydrogens (tertiary/aromatic N) is 4. The van der Waals surface area contributed by atoms with E-state index in [-0.39, 0.29) is 34.9 Å². The fraction of sp³-hybridized carbons (Fsp3) is 0.316. The Kier molecular flexibility index (Phi) is 10.4. The summed E-state index contributed by atoms with van der Waals surface area (Å²) in [5.41, 5.74) is 4.88. The first kappa shape index (κ1) is 33.5. The second kappa shape index (κ2) is 15.2. The first-order chi connectivity index (χ1) is 23.7. The fourth-order valence-electron chi connectivity index (χ4n) is 6.59. The monoisotopic (exact) mass is 660 g/mol. The van der Waals surface area contributed by atoms with E-state index >= 15 is 0 Å². The highest BCUT2D eigenvalue weighted by atomic mass is 16.4. The Hall–Kier alpha value is -5.42. The van der Waals surface area contributed by atoms with Crippen LogP contribution in [0.5, 0.6) is 0 Å². The Morgan fingerprint density at radius 2 is 1.41 bits per heavy atom. The van der Waals surface area contributed by atoms with Crippen molar-refractivity contribution < 1.29 is 24.3 Å². The molecule has 6 rings (SSSR count). The minimum absolute atomic E-state index is 0.0483. The summed E-state index contributed by atoms with van der Waals surface area (Å²) in [4.78, 5) is 64.7. The molecule has 3 N–H and O–H groups in total. The van der Waals surface area contributed by atoms with Crippen molar-refractivity contribution in [1.29, 1.82) is 0 Å². The molecule has 11 nitrogen and oxygen atoms in total. The summed E-state index contributed by atoms with van der Waals surface area (Å²) in [5, 5.41) is 14.4.